The van der Waals surface area contributed by atoms with Gasteiger partial charge in [0.05, 0.1) is 5.52 Å². The van der Waals surface area contributed by atoms with E-state index in [1.807, 2.05) is 6.07 Å². The number of aryl methyl sites for hydroxylation is 1. The summed E-state index contributed by atoms with van der Waals surface area (Å²) in [6.07, 6.45) is 1.75. The Labute approximate surface area is 89.9 Å². The van der Waals surface area contributed by atoms with E-state index in [2.05, 4.69) is 43.4 Å². The van der Waals surface area contributed by atoms with E-state index >= 15 is 0 Å². The first-order chi connectivity index (χ1) is 6.91. The molecule has 0 radical (unpaired) electrons. The third-order valence-corrected chi connectivity index (χ3v) is 2.77. The summed E-state index contributed by atoms with van der Waals surface area (Å²) in [6, 6.07) is 4.14. The maximum Gasteiger partial charge on any atom is 0.132 e. The second kappa shape index (κ2) is 2.99. The van der Waals surface area contributed by atoms with Crippen LogP contribution in [0.1, 0.15) is 26.5 Å². The van der Waals surface area contributed by atoms with Crippen LogP contribution in [0.15, 0.2) is 18.3 Å². The molecule has 0 spiro atoms. The number of rotatable bonds is 0. The van der Waals surface area contributed by atoms with Gasteiger partial charge >= 0.3 is 0 Å². The Morgan fingerprint density at radius 1 is 1.33 bits per heavy atom. The third kappa shape index (κ3) is 1.48. The van der Waals surface area contributed by atoms with Gasteiger partial charge < -0.3 is 10.3 Å². The van der Waals surface area contributed by atoms with E-state index in [0.717, 1.165) is 10.9 Å². The molecule has 15 heavy (non-hydrogen) atoms. The summed E-state index contributed by atoms with van der Waals surface area (Å²) in [6.45, 7) is 6.60. The van der Waals surface area contributed by atoms with Crippen LogP contribution >= 0.6 is 0 Å². The summed E-state index contributed by atoms with van der Waals surface area (Å²) >= 11 is 0. The molecule has 0 aliphatic heterocycles. The second-order valence-electron chi connectivity index (χ2n) is 4.97. The molecule has 2 N–H and O–H groups in total. The standard InChI is InChI=1S/C12H17N3/c1-12(2,3)10-7-8-9(15(10)4)5-6-14-11(8)13/h5-7H,1-4H3,(H2,13,14). The number of hydrogen-bond donors (Lipinski definition) is 1. The van der Waals surface area contributed by atoms with Crippen LogP contribution in [0.4, 0.5) is 5.82 Å². The topological polar surface area (TPSA) is 43.8 Å². The molecule has 0 amide bonds. The van der Waals surface area contributed by atoms with E-state index in [1.54, 1.807) is 6.20 Å². The fourth-order valence-electron chi connectivity index (χ4n) is 2.00. The Morgan fingerprint density at radius 3 is 2.53 bits per heavy atom. The van der Waals surface area contributed by atoms with Crippen molar-refractivity contribution < 1.29 is 0 Å². The predicted molar refractivity (Wildman–Crippen MR) is 63.8 cm³/mol. The Kier molecular flexibility index (Phi) is 2.00. The zero-order valence-corrected chi connectivity index (χ0v) is 9.70. The van der Waals surface area contributed by atoms with Gasteiger partial charge in [0, 0.05) is 29.7 Å². The molecular weight excluding hydrogens is 186 g/mol. The number of fused-ring (bicyclic) bond motifs is 1. The van der Waals surface area contributed by atoms with Gasteiger partial charge in [-0.25, -0.2) is 4.98 Å². The lowest BCUT2D eigenvalue weighted by atomic mass is 9.92. The van der Waals surface area contributed by atoms with Crippen molar-refractivity contribution in [3.05, 3.63) is 24.0 Å². The van der Waals surface area contributed by atoms with Gasteiger partial charge in [-0.2, -0.15) is 0 Å². The largest absolute Gasteiger partial charge is 0.383 e. The first-order valence-electron chi connectivity index (χ1n) is 5.11. The number of pyridine rings is 1. The molecule has 0 aliphatic rings. The zero-order valence-electron chi connectivity index (χ0n) is 9.70. The summed E-state index contributed by atoms with van der Waals surface area (Å²) in [5.41, 5.74) is 8.40. The van der Waals surface area contributed by atoms with Gasteiger partial charge in [-0.05, 0) is 12.1 Å². The minimum atomic E-state index is 0.125. The molecule has 80 valence electrons. The van der Waals surface area contributed by atoms with Crippen LogP contribution in [0.25, 0.3) is 10.9 Å². The van der Waals surface area contributed by atoms with Gasteiger partial charge in [0.15, 0.2) is 0 Å². The van der Waals surface area contributed by atoms with E-state index in [1.165, 1.54) is 5.69 Å². The summed E-state index contributed by atoms with van der Waals surface area (Å²) < 4.78 is 2.19. The van der Waals surface area contributed by atoms with Crippen molar-refractivity contribution >= 4 is 16.7 Å². The maximum absolute atomic E-state index is 5.86. The van der Waals surface area contributed by atoms with Crippen LogP contribution in [0.5, 0.6) is 0 Å². The van der Waals surface area contributed by atoms with Crippen molar-refractivity contribution in [1.29, 1.82) is 0 Å². The lowest BCUT2D eigenvalue weighted by molar-refractivity contribution is 0.547. The molecule has 0 aliphatic carbocycles. The average Bonchev–Trinajstić information content (AvgIpc) is 2.45. The lowest BCUT2D eigenvalue weighted by Crippen LogP contribution is -2.15. The summed E-state index contributed by atoms with van der Waals surface area (Å²) in [4.78, 5) is 4.11. The average molecular weight is 203 g/mol. The van der Waals surface area contributed by atoms with Crippen molar-refractivity contribution in [3.63, 3.8) is 0 Å². The Bertz CT molecular complexity index is 503. The van der Waals surface area contributed by atoms with Crippen LogP contribution in [-0.2, 0) is 12.5 Å². The van der Waals surface area contributed by atoms with E-state index in [-0.39, 0.29) is 5.41 Å². The molecule has 2 aromatic rings. The molecule has 3 heteroatoms. The molecule has 0 fully saturated rings. The highest BCUT2D eigenvalue weighted by molar-refractivity contribution is 5.90. The highest BCUT2D eigenvalue weighted by Gasteiger charge is 2.19. The van der Waals surface area contributed by atoms with Gasteiger partial charge in [-0.1, -0.05) is 20.8 Å². The highest BCUT2D eigenvalue weighted by Crippen LogP contribution is 2.30. The van der Waals surface area contributed by atoms with Gasteiger partial charge in [0.1, 0.15) is 5.82 Å². The van der Waals surface area contributed by atoms with Crippen molar-refractivity contribution in [1.82, 2.24) is 9.55 Å². The molecule has 0 saturated heterocycles. The minimum absolute atomic E-state index is 0.125. The highest BCUT2D eigenvalue weighted by atomic mass is 15.0. The van der Waals surface area contributed by atoms with Crippen LogP contribution < -0.4 is 5.73 Å². The predicted octanol–water partition coefficient (Wildman–Crippen LogP) is 2.45. The van der Waals surface area contributed by atoms with E-state index < -0.39 is 0 Å². The van der Waals surface area contributed by atoms with Crippen molar-refractivity contribution in [3.8, 4) is 0 Å². The molecule has 2 aromatic heterocycles. The first kappa shape index (κ1) is 10.0. The molecule has 2 rings (SSSR count). The number of hydrogen-bond acceptors (Lipinski definition) is 2. The minimum Gasteiger partial charge on any atom is -0.383 e. The molecule has 2 heterocycles. The number of nitrogen functional groups attached to an aromatic ring is 1. The van der Waals surface area contributed by atoms with Crippen molar-refractivity contribution in [2.45, 2.75) is 26.2 Å². The van der Waals surface area contributed by atoms with Crippen LogP contribution in [0, 0.1) is 0 Å². The fraction of sp³-hybridized carbons (Fsp3) is 0.417. The number of nitrogens with two attached hydrogens (primary N) is 1. The molecule has 0 atom stereocenters. The van der Waals surface area contributed by atoms with E-state index in [0.29, 0.717) is 5.82 Å². The molecule has 0 saturated carbocycles. The van der Waals surface area contributed by atoms with Crippen molar-refractivity contribution in [2.24, 2.45) is 7.05 Å². The Morgan fingerprint density at radius 2 is 2.00 bits per heavy atom. The third-order valence-electron chi connectivity index (χ3n) is 2.77. The van der Waals surface area contributed by atoms with Gasteiger partial charge in [0.2, 0.25) is 0 Å². The fourth-order valence-corrected chi connectivity index (χ4v) is 2.00. The molecule has 0 unspecified atom stereocenters. The van der Waals surface area contributed by atoms with Gasteiger partial charge in [0.25, 0.3) is 0 Å². The van der Waals surface area contributed by atoms with Crippen LogP contribution in [-0.4, -0.2) is 9.55 Å². The van der Waals surface area contributed by atoms with E-state index in [4.69, 9.17) is 5.73 Å². The quantitative estimate of drug-likeness (QED) is 0.714. The number of anilines is 1. The van der Waals surface area contributed by atoms with Gasteiger partial charge in [-0.15, -0.1) is 0 Å². The normalized spacial score (nSPS) is 12.3. The lowest BCUT2D eigenvalue weighted by Gasteiger charge is -2.19. The van der Waals surface area contributed by atoms with Crippen LogP contribution in [0.3, 0.4) is 0 Å². The number of nitrogens with zero attached hydrogens (tertiary/aromatic N) is 2. The smallest absolute Gasteiger partial charge is 0.132 e. The summed E-state index contributed by atoms with van der Waals surface area (Å²) in [7, 11) is 2.07. The van der Waals surface area contributed by atoms with Gasteiger partial charge in [-0.3, -0.25) is 0 Å². The first-order valence-corrected chi connectivity index (χ1v) is 5.11. The van der Waals surface area contributed by atoms with E-state index in [9.17, 15) is 0 Å². The van der Waals surface area contributed by atoms with Crippen molar-refractivity contribution in [2.75, 3.05) is 5.73 Å². The molecule has 0 bridgehead atoms. The maximum atomic E-state index is 5.86. The SMILES string of the molecule is Cn1c(C(C)(C)C)cc2c(N)nccc21. The second-order valence-corrected chi connectivity index (χ2v) is 4.97. The molecule has 0 aromatic carbocycles. The number of aromatic nitrogens is 2. The molecular formula is C12H17N3. The Balaban J connectivity index is 2.81. The van der Waals surface area contributed by atoms with Crippen LogP contribution in [0.2, 0.25) is 0 Å². The summed E-state index contributed by atoms with van der Waals surface area (Å²) in [5, 5.41) is 1.05. The Hall–Kier alpha value is -1.51. The molecule has 3 nitrogen and oxygen atoms in total. The monoisotopic (exact) mass is 203 g/mol. The zero-order chi connectivity index (χ0) is 11.2. The summed E-state index contributed by atoms with van der Waals surface area (Å²) in [5.74, 6) is 0.610.